The zero-order chi connectivity index (χ0) is 23.8. The molecule has 3 aromatic heterocycles. The maximum Gasteiger partial charge on any atom is 0.254 e. The van der Waals surface area contributed by atoms with E-state index in [2.05, 4.69) is 12.0 Å². The molecular formula is C26H27N5O2S. The summed E-state index contributed by atoms with van der Waals surface area (Å²) < 4.78 is 1.74. The molecule has 34 heavy (non-hydrogen) atoms. The second kappa shape index (κ2) is 9.02. The van der Waals surface area contributed by atoms with Crippen molar-refractivity contribution >= 4 is 34.2 Å². The first-order valence-electron chi connectivity index (χ1n) is 11.5. The van der Waals surface area contributed by atoms with Crippen LogP contribution >= 0.6 is 11.3 Å². The lowest BCUT2D eigenvalue weighted by atomic mass is 10.1. The summed E-state index contributed by atoms with van der Waals surface area (Å²) in [6.07, 6.45) is 0.947. The summed E-state index contributed by atoms with van der Waals surface area (Å²) >= 11 is 1.60. The van der Waals surface area contributed by atoms with Gasteiger partial charge in [-0.3, -0.25) is 14.3 Å². The van der Waals surface area contributed by atoms with Crippen LogP contribution in [-0.4, -0.2) is 62.6 Å². The minimum Gasteiger partial charge on any atom is -0.335 e. The van der Waals surface area contributed by atoms with Crippen molar-refractivity contribution in [3.8, 4) is 10.6 Å². The third-order valence-electron chi connectivity index (χ3n) is 6.44. The molecule has 0 saturated carbocycles. The monoisotopic (exact) mass is 473 g/mol. The number of pyridine rings is 1. The SMILES string of the molecule is CCc1ccc(C(=O)N2CCN(C(=O)c3cc(-c4cccs4)nc4c3c(C)nn4C)CC2)cc1. The van der Waals surface area contributed by atoms with Crippen LogP contribution in [0.1, 0.15) is 38.9 Å². The van der Waals surface area contributed by atoms with Gasteiger partial charge >= 0.3 is 0 Å². The third-order valence-corrected chi connectivity index (χ3v) is 7.33. The zero-order valence-electron chi connectivity index (χ0n) is 19.6. The second-order valence-electron chi connectivity index (χ2n) is 8.57. The Bertz CT molecular complexity index is 1350. The molecule has 0 unspecified atom stereocenters. The van der Waals surface area contributed by atoms with Crippen molar-refractivity contribution in [1.29, 1.82) is 0 Å². The summed E-state index contributed by atoms with van der Waals surface area (Å²) in [5.41, 5.74) is 4.79. The van der Waals surface area contributed by atoms with E-state index in [0.717, 1.165) is 28.1 Å². The predicted molar refractivity (Wildman–Crippen MR) is 134 cm³/mol. The molecule has 0 radical (unpaired) electrons. The van der Waals surface area contributed by atoms with Crippen LogP contribution in [0.2, 0.25) is 0 Å². The highest BCUT2D eigenvalue weighted by Gasteiger charge is 2.28. The molecule has 5 rings (SSSR count). The summed E-state index contributed by atoms with van der Waals surface area (Å²) in [7, 11) is 1.85. The minimum absolute atomic E-state index is 0.0177. The van der Waals surface area contributed by atoms with Crippen LogP contribution in [0.15, 0.2) is 47.8 Å². The van der Waals surface area contributed by atoms with E-state index in [9.17, 15) is 9.59 Å². The van der Waals surface area contributed by atoms with Crippen LogP contribution < -0.4 is 0 Å². The van der Waals surface area contributed by atoms with Crippen molar-refractivity contribution in [1.82, 2.24) is 24.6 Å². The Kier molecular flexibility index (Phi) is 5.91. The number of aryl methyl sites for hydroxylation is 3. The molecule has 7 nitrogen and oxygen atoms in total. The molecule has 0 aliphatic carbocycles. The number of amides is 2. The lowest BCUT2D eigenvalue weighted by molar-refractivity contribution is 0.0536. The van der Waals surface area contributed by atoms with Crippen LogP contribution in [0, 0.1) is 6.92 Å². The summed E-state index contributed by atoms with van der Waals surface area (Å²) in [6.45, 7) is 6.02. The lowest BCUT2D eigenvalue weighted by Crippen LogP contribution is -2.50. The Hall–Kier alpha value is -3.52. The number of piperazine rings is 1. The van der Waals surface area contributed by atoms with E-state index in [0.29, 0.717) is 43.0 Å². The van der Waals surface area contributed by atoms with Crippen molar-refractivity contribution in [3.63, 3.8) is 0 Å². The zero-order valence-corrected chi connectivity index (χ0v) is 20.4. The smallest absolute Gasteiger partial charge is 0.254 e. The first-order chi connectivity index (χ1) is 16.5. The van der Waals surface area contributed by atoms with Crippen LogP contribution in [0.3, 0.4) is 0 Å². The van der Waals surface area contributed by atoms with Gasteiger partial charge in [0.25, 0.3) is 11.8 Å². The molecule has 174 valence electrons. The predicted octanol–water partition coefficient (Wildman–Crippen LogP) is 4.17. The molecule has 1 aliphatic heterocycles. The molecule has 1 aliphatic rings. The molecule has 1 aromatic carbocycles. The first kappa shape index (κ1) is 22.3. The van der Waals surface area contributed by atoms with E-state index in [4.69, 9.17) is 4.98 Å². The Morgan fingerprint density at radius 2 is 1.68 bits per heavy atom. The Morgan fingerprint density at radius 3 is 2.29 bits per heavy atom. The van der Waals surface area contributed by atoms with Gasteiger partial charge < -0.3 is 9.80 Å². The van der Waals surface area contributed by atoms with Crippen LogP contribution in [0.5, 0.6) is 0 Å². The molecule has 0 atom stereocenters. The number of hydrogen-bond donors (Lipinski definition) is 0. The maximum atomic E-state index is 13.7. The number of hydrogen-bond acceptors (Lipinski definition) is 5. The third kappa shape index (κ3) is 3.98. The van der Waals surface area contributed by atoms with E-state index in [-0.39, 0.29) is 11.8 Å². The van der Waals surface area contributed by atoms with Crippen molar-refractivity contribution in [2.24, 2.45) is 7.05 Å². The summed E-state index contributed by atoms with van der Waals surface area (Å²) in [4.78, 5) is 36.1. The highest BCUT2D eigenvalue weighted by molar-refractivity contribution is 7.13. The van der Waals surface area contributed by atoms with Crippen molar-refractivity contribution in [2.45, 2.75) is 20.3 Å². The molecule has 1 fully saturated rings. The lowest BCUT2D eigenvalue weighted by Gasteiger charge is -2.35. The average Bonchev–Trinajstić information content (AvgIpc) is 3.51. The second-order valence-corrected chi connectivity index (χ2v) is 9.52. The highest BCUT2D eigenvalue weighted by atomic mass is 32.1. The van der Waals surface area contributed by atoms with Crippen molar-refractivity contribution in [3.05, 3.63) is 70.2 Å². The van der Waals surface area contributed by atoms with E-state index >= 15 is 0 Å². The molecule has 0 spiro atoms. The number of carbonyl (C=O) groups excluding carboxylic acids is 2. The van der Waals surface area contributed by atoms with Crippen LogP contribution in [-0.2, 0) is 13.5 Å². The fourth-order valence-corrected chi connectivity index (χ4v) is 5.20. The summed E-state index contributed by atoms with van der Waals surface area (Å²) in [5.74, 6) is -0.0233. The number of benzene rings is 1. The Morgan fingerprint density at radius 1 is 1.00 bits per heavy atom. The molecule has 0 N–H and O–H groups in total. The van der Waals surface area contributed by atoms with E-state index in [1.165, 1.54) is 5.56 Å². The van der Waals surface area contributed by atoms with Gasteiger partial charge in [0.05, 0.1) is 27.2 Å². The number of nitrogens with zero attached hydrogens (tertiary/aromatic N) is 5. The normalized spacial score (nSPS) is 14.1. The molecule has 4 heterocycles. The van der Waals surface area contributed by atoms with E-state index < -0.39 is 0 Å². The van der Waals surface area contributed by atoms with Gasteiger partial charge in [-0.2, -0.15) is 5.10 Å². The van der Waals surface area contributed by atoms with E-state index in [1.807, 2.05) is 71.6 Å². The fraction of sp³-hybridized carbons (Fsp3) is 0.308. The van der Waals surface area contributed by atoms with Crippen LogP contribution in [0.25, 0.3) is 21.6 Å². The number of rotatable bonds is 4. The molecular weight excluding hydrogens is 446 g/mol. The highest BCUT2D eigenvalue weighted by Crippen LogP contribution is 2.30. The molecule has 4 aromatic rings. The number of fused-ring (bicyclic) bond motifs is 1. The minimum atomic E-state index is -0.0410. The quantitative estimate of drug-likeness (QED) is 0.446. The van der Waals surface area contributed by atoms with Gasteiger partial charge in [0, 0.05) is 38.8 Å². The summed E-state index contributed by atoms with van der Waals surface area (Å²) in [6, 6.07) is 13.7. The summed E-state index contributed by atoms with van der Waals surface area (Å²) in [5, 5.41) is 7.31. The fourth-order valence-electron chi connectivity index (χ4n) is 4.51. The number of carbonyl (C=O) groups is 2. The van der Waals surface area contributed by atoms with Gasteiger partial charge in [-0.1, -0.05) is 25.1 Å². The molecule has 1 saturated heterocycles. The Labute approximate surface area is 202 Å². The molecule has 8 heteroatoms. The maximum absolute atomic E-state index is 13.7. The van der Waals surface area contributed by atoms with Gasteiger partial charge in [-0.15, -0.1) is 11.3 Å². The number of thiophene rings is 1. The largest absolute Gasteiger partial charge is 0.335 e. The standard InChI is InChI=1S/C26H27N5O2S/c1-4-18-7-9-19(10-8-18)25(32)30-11-13-31(14-12-30)26(33)20-16-21(22-6-5-15-34-22)27-24-23(20)17(2)28-29(24)3/h5-10,15-16H,4,11-14H2,1-3H3. The van der Waals surface area contributed by atoms with Crippen LogP contribution in [0.4, 0.5) is 0 Å². The van der Waals surface area contributed by atoms with Crippen molar-refractivity contribution < 1.29 is 9.59 Å². The molecule has 0 bridgehead atoms. The van der Waals surface area contributed by atoms with Gasteiger partial charge in [-0.25, -0.2) is 4.98 Å². The van der Waals surface area contributed by atoms with Crippen molar-refractivity contribution in [2.75, 3.05) is 26.2 Å². The first-order valence-corrected chi connectivity index (χ1v) is 12.4. The Balaban J connectivity index is 1.38. The van der Waals surface area contributed by atoms with Gasteiger partial charge in [-0.05, 0) is 48.6 Å². The average molecular weight is 474 g/mol. The van der Waals surface area contributed by atoms with Gasteiger partial charge in [0.15, 0.2) is 5.65 Å². The molecule has 2 amide bonds. The van der Waals surface area contributed by atoms with Gasteiger partial charge in [0.1, 0.15) is 0 Å². The topological polar surface area (TPSA) is 71.3 Å². The number of aromatic nitrogens is 3. The van der Waals surface area contributed by atoms with E-state index in [1.54, 1.807) is 16.0 Å². The van der Waals surface area contributed by atoms with Gasteiger partial charge in [0.2, 0.25) is 0 Å².